The molecule has 1 fully saturated rings. The minimum absolute atomic E-state index is 0.100. The number of amides is 3. The van der Waals surface area contributed by atoms with Gasteiger partial charge in [0.2, 0.25) is 5.91 Å². The largest absolute Gasteiger partial charge is 0.573 e. The van der Waals surface area contributed by atoms with E-state index >= 15 is 0 Å². The molecule has 4 aromatic rings. The number of benzene rings is 3. The molecule has 240 valence electrons. The van der Waals surface area contributed by atoms with Gasteiger partial charge in [-0.15, -0.1) is 18.3 Å². The highest BCUT2D eigenvalue weighted by atomic mass is 32.2. The number of rotatable bonds is 9. The monoisotopic (exact) mass is 650 g/mol. The first kappa shape index (κ1) is 32.7. The number of nitrogens with one attached hydrogen (secondary N) is 1. The standard InChI is InChI=1S/C33H33F3N6O3S/c1-20(2)29-22(4)6-5-7-27(29)42-28(43)18-46-32(42)39-31(44)37-17-16-21(3)23-8-10-24(11-9-23)30-38-19-41(40-30)25-12-14-26(15-13-25)45-33(34,35)36/h5-15,19-21H,16-18H2,1-4H3,(H,37,44)/b39-32-. The molecule has 1 saturated heterocycles. The zero-order valence-electron chi connectivity index (χ0n) is 25.7. The number of anilines is 1. The van der Waals surface area contributed by atoms with Crippen LogP contribution in [0.15, 0.2) is 78.0 Å². The summed E-state index contributed by atoms with van der Waals surface area (Å²) in [6, 6.07) is 18.4. The van der Waals surface area contributed by atoms with Crippen LogP contribution in [0.5, 0.6) is 5.75 Å². The third-order valence-electron chi connectivity index (χ3n) is 7.50. The van der Waals surface area contributed by atoms with Crippen LogP contribution < -0.4 is 15.0 Å². The van der Waals surface area contributed by atoms with Crippen LogP contribution in [0.4, 0.5) is 23.7 Å². The fourth-order valence-corrected chi connectivity index (χ4v) is 6.12. The number of halogens is 3. The van der Waals surface area contributed by atoms with Crippen LogP contribution >= 0.6 is 11.8 Å². The number of aromatic nitrogens is 3. The number of alkyl halides is 3. The Kier molecular flexibility index (Phi) is 9.80. The third-order valence-corrected chi connectivity index (χ3v) is 8.42. The van der Waals surface area contributed by atoms with Gasteiger partial charge in [0.1, 0.15) is 12.1 Å². The smallest absolute Gasteiger partial charge is 0.406 e. The van der Waals surface area contributed by atoms with Crippen molar-refractivity contribution in [2.24, 2.45) is 4.99 Å². The molecule has 0 saturated carbocycles. The SMILES string of the molecule is Cc1cccc(N2C(=O)CS/C2=N\C(=O)NCCC(C)c2ccc(-c3ncn(-c4ccc(OC(F)(F)F)cc4)n3)cc2)c1C(C)C. The minimum Gasteiger partial charge on any atom is -0.406 e. The van der Waals surface area contributed by atoms with Crippen LogP contribution in [-0.2, 0) is 4.79 Å². The molecular weight excluding hydrogens is 617 g/mol. The number of hydrogen-bond acceptors (Lipinski definition) is 6. The molecule has 3 aromatic carbocycles. The predicted molar refractivity (Wildman–Crippen MR) is 173 cm³/mol. The molecule has 46 heavy (non-hydrogen) atoms. The fourth-order valence-electron chi connectivity index (χ4n) is 5.26. The van der Waals surface area contributed by atoms with Crippen molar-refractivity contribution in [2.45, 2.75) is 52.3 Å². The lowest BCUT2D eigenvalue weighted by molar-refractivity contribution is -0.274. The topological polar surface area (TPSA) is 102 Å². The van der Waals surface area contributed by atoms with E-state index in [2.05, 4.69) is 45.9 Å². The molecular formula is C33H33F3N6O3S. The maximum atomic E-state index is 12.8. The maximum absolute atomic E-state index is 12.8. The van der Waals surface area contributed by atoms with Gasteiger partial charge < -0.3 is 10.1 Å². The molecule has 0 aliphatic carbocycles. The second kappa shape index (κ2) is 13.8. The second-order valence-corrected chi connectivity index (χ2v) is 12.1. The molecule has 9 nitrogen and oxygen atoms in total. The molecule has 1 aromatic heterocycles. The van der Waals surface area contributed by atoms with Gasteiger partial charge in [-0.3, -0.25) is 9.69 Å². The van der Waals surface area contributed by atoms with Gasteiger partial charge in [0.25, 0.3) is 0 Å². The number of amidine groups is 1. The van der Waals surface area contributed by atoms with Crippen molar-refractivity contribution in [3.8, 4) is 22.8 Å². The molecule has 13 heteroatoms. The lowest BCUT2D eigenvalue weighted by Crippen LogP contribution is -2.32. The zero-order chi connectivity index (χ0) is 33.0. The Hall–Kier alpha value is -4.65. The molecule has 0 spiro atoms. The van der Waals surface area contributed by atoms with E-state index in [1.54, 1.807) is 4.90 Å². The molecule has 0 bridgehead atoms. The molecule has 3 amide bonds. The predicted octanol–water partition coefficient (Wildman–Crippen LogP) is 7.60. The first-order valence-electron chi connectivity index (χ1n) is 14.7. The van der Waals surface area contributed by atoms with Gasteiger partial charge in [-0.25, -0.2) is 14.5 Å². The highest BCUT2D eigenvalue weighted by molar-refractivity contribution is 8.15. The summed E-state index contributed by atoms with van der Waals surface area (Å²) < 4.78 is 42.7. The Morgan fingerprint density at radius 2 is 1.78 bits per heavy atom. The number of hydrogen-bond donors (Lipinski definition) is 1. The number of ether oxygens (including phenoxy) is 1. The van der Waals surface area contributed by atoms with Gasteiger partial charge in [0.15, 0.2) is 11.0 Å². The van der Waals surface area contributed by atoms with E-state index in [-0.39, 0.29) is 29.2 Å². The summed E-state index contributed by atoms with van der Waals surface area (Å²) in [5.41, 5.74) is 5.28. The normalized spacial score (nSPS) is 15.1. The Morgan fingerprint density at radius 3 is 2.46 bits per heavy atom. The van der Waals surface area contributed by atoms with E-state index in [9.17, 15) is 22.8 Å². The van der Waals surface area contributed by atoms with Gasteiger partial charge in [-0.1, -0.05) is 68.9 Å². The molecule has 1 unspecified atom stereocenters. The molecule has 0 radical (unpaired) electrons. The van der Waals surface area contributed by atoms with Crippen molar-refractivity contribution in [3.05, 3.63) is 89.7 Å². The van der Waals surface area contributed by atoms with Crippen molar-refractivity contribution < 1.29 is 27.5 Å². The number of urea groups is 1. The van der Waals surface area contributed by atoms with Gasteiger partial charge in [-0.05, 0) is 72.2 Å². The molecule has 1 atom stereocenters. The first-order chi connectivity index (χ1) is 21.9. The number of thioether (sulfide) groups is 1. The quantitative estimate of drug-likeness (QED) is 0.200. The third kappa shape index (κ3) is 7.76. The Bertz CT molecular complexity index is 1740. The summed E-state index contributed by atoms with van der Waals surface area (Å²) in [4.78, 5) is 35.7. The second-order valence-electron chi connectivity index (χ2n) is 11.2. The van der Waals surface area contributed by atoms with Crippen LogP contribution in [0.1, 0.15) is 55.7 Å². The van der Waals surface area contributed by atoms with Crippen LogP contribution in [-0.4, -0.2) is 50.5 Å². The van der Waals surface area contributed by atoms with E-state index in [1.807, 2.05) is 49.4 Å². The highest BCUT2D eigenvalue weighted by Crippen LogP contribution is 2.35. The summed E-state index contributed by atoms with van der Waals surface area (Å²) in [7, 11) is 0. The van der Waals surface area contributed by atoms with E-state index in [1.165, 1.54) is 47.0 Å². The van der Waals surface area contributed by atoms with E-state index < -0.39 is 12.4 Å². The Balaban J connectivity index is 1.16. The lowest BCUT2D eigenvalue weighted by Gasteiger charge is -2.23. The molecule has 1 N–H and O–H groups in total. The van der Waals surface area contributed by atoms with E-state index in [0.717, 1.165) is 27.9 Å². The van der Waals surface area contributed by atoms with Gasteiger partial charge in [0, 0.05) is 12.1 Å². The average Bonchev–Trinajstić information content (AvgIpc) is 3.63. The van der Waals surface area contributed by atoms with Crippen molar-refractivity contribution in [3.63, 3.8) is 0 Å². The number of aryl methyl sites for hydroxylation is 1. The summed E-state index contributed by atoms with van der Waals surface area (Å²) in [5.74, 6) is 0.605. The van der Waals surface area contributed by atoms with Crippen LogP contribution in [0.2, 0.25) is 0 Å². The number of aliphatic imine (C=N–C) groups is 1. The van der Waals surface area contributed by atoms with Crippen molar-refractivity contribution in [2.75, 3.05) is 17.2 Å². The molecule has 1 aliphatic heterocycles. The summed E-state index contributed by atoms with van der Waals surface area (Å²) >= 11 is 1.26. The highest BCUT2D eigenvalue weighted by Gasteiger charge is 2.33. The summed E-state index contributed by atoms with van der Waals surface area (Å²) in [6.07, 6.45) is -2.60. The van der Waals surface area contributed by atoms with E-state index in [4.69, 9.17) is 0 Å². The molecule has 2 heterocycles. The van der Waals surface area contributed by atoms with Gasteiger partial charge >= 0.3 is 12.4 Å². The zero-order valence-corrected chi connectivity index (χ0v) is 26.5. The summed E-state index contributed by atoms with van der Waals surface area (Å²) in [5, 5.41) is 7.67. The van der Waals surface area contributed by atoms with Crippen LogP contribution in [0.3, 0.4) is 0 Å². The maximum Gasteiger partial charge on any atom is 0.573 e. The van der Waals surface area contributed by atoms with Gasteiger partial charge in [-0.2, -0.15) is 4.99 Å². The number of carbonyl (C=O) groups excluding carboxylic acids is 2. The Morgan fingerprint density at radius 1 is 1.07 bits per heavy atom. The van der Waals surface area contributed by atoms with Crippen molar-refractivity contribution in [1.82, 2.24) is 20.1 Å². The number of carbonyl (C=O) groups is 2. The molecule has 1 aliphatic rings. The van der Waals surface area contributed by atoms with Crippen LogP contribution in [0.25, 0.3) is 17.1 Å². The van der Waals surface area contributed by atoms with Crippen LogP contribution in [0, 0.1) is 6.92 Å². The Labute approximate surface area is 268 Å². The lowest BCUT2D eigenvalue weighted by atomic mass is 9.95. The molecule has 5 rings (SSSR count). The van der Waals surface area contributed by atoms with E-state index in [0.29, 0.717) is 29.6 Å². The van der Waals surface area contributed by atoms with Gasteiger partial charge in [0.05, 0.1) is 17.1 Å². The number of nitrogens with zero attached hydrogens (tertiary/aromatic N) is 5. The first-order valence-corrected chi connectivity index (χ1v) is 15.7. The van der Waals surface area contributed by atoms with Crippen molar-refractivity contribution >= 4 is 34.6 Å². The average molecular weight is 651 g/mol. The minimum atomic E-state index is -4.76. The van der Waals surface area contributed by atoms with Crippen molar-refractivity contribution in [1.29, 1.82) is 0 Å². The fraction of sp³-hybridized carbons (Fsp3) is 0.303. The summed E-state index contributed by atoms with van der Waals surface area (Å²) in [6.45, 7) is 8.63.